The second-order valence-corrected chi connectivity index (χ2v) is 7.71. The highest BCUT2D eigenvalue weighted by molar-refractivity contribution is 6.02. The third-order valence-corrected chi connectivity index (χ3v) is 4.60. The summed E-state index contributed by atoms with van der Waals surface area (Å²) in [6, 6.07) is 3.18. The van der Waals surface area contributed by atoms with Gasteiger partial charge >= 0.3 is 0 Å². The van der Waals surface area contributed by atoms with Gasteiger partial charge in [0.1, 0.15) is 11.8 Å². The molecule has 1 amide bonds. The van der Waals surface area contributed by atoms with Crippen molar-refractivity contribution in [2.75, 3.05) is 25.6 Å². The number of hydrogen-bond acceptors (Lipinski definition) is 5. The summed E-state index contributed by atoms with van der Waals surface area (Å²) in [5.74, 6) is 0.927. The molecule has 136 valence electrons. The normalized spacial score (nSPS) is 23.3. The van der Waals surface area contributed by atoms with Crippen LogP contribution in [0.15, 0.2) is 24.3 Å². The van der Waals surface area contributed by atoms with E-state index < -0.39 is 11.8 Å². The van der Waals surface area contributed by atoms with Gasteiger partial charge in [-0.1, -0.05) is 12.2 Å². The first-order valence-corrected chi connectivity index (χ1v) is 8.42. The molecule has 3 rings (SSSR count). The van der Waals surface area contributed by atoms with Crippen molar-refractivity contribution in [3.05, 3.63) is 29.8 Å². The summed E-state index contributed by atoms with van der Waals surface area (Å²) in [6.45, 7) is 10.3. The Morgan fingerprint density at radius 2 is 1.96 bits per heavy atom. The van der Waals surface area contributed by atoms with Gasteiger partial charge < -0.3 is 24.4 Å². The second kappa shape index (κ2) is 5.95. The molecule has 6 nitrogen and oxygen atoms in total. The van der Waals surface area contributed by atoms with Crippen molar-refractivity contribution in [1.29, 1.82) is 0 Å². The highest BCUT2D eigenvalue weighted by atomic mass is 16.5. The molecule has 2 aliphatic heterocycles. The van der Waals surface area contributed by atoms with Gasteiger partial charge in [0.05, 0.1) is 24.4 Å². The highest BCUT2D eigenvalue weighted by Gasteiger charge is 2.42. The topological polar surface area (TPSA) is 62.2 Å². The molecule has 2 atom stereocenters. The molecule has 1 aromatic carbocycles. The van der Waals surface area contributed by atoms with Crippen molar-refractivity contribution in [1.82, 2.24) is 4.90 Å². The van der Waals surface area contributed by atoms with Crippen LogP contribution >= 0.6 is 0 Å². The first-order chi connectivity index (χ1) is 11.6. The van der Waals surface area contributed by atoms with Crippen LogP contribution < -0.4 is 14.4 Å². The summed E-state index contributed by atoms with van der Waals surface area (Å²) >= 11 is 0. The summed E-state index contributed by atoms with van der Waals surface area (Å²) in [6.07, 6.45) is -0.200. The van der Waals surface area contributed by atoms with E-state index in [-0.39, 0.29) is 11.9 Å². The number of hydrogen-bond donors (Lipinski definition) is 1. The summed E-state index contributed by atoms with van der Waals surface area (Å²) < 4.78 is 11.4. The molecule has 6 heteroatoms. The van der Waals surface area contributed by atoms with Crippen LogP contribution in [0.25, 0.3) is 0 Å². The molecule has 0 saturated carbocycles. The minimum atomic E-state index is -0.805. The number of amides is 1. The minimum absolute atomic E-state index is 0.123. The van der Waals surface area contributed by atoms with E-state index in [4.69, 9.17) is 9.47 Å². The van der Waals surface area contributed by atoms with E-state index in [9.17, 15) is 9.90 Å². The molecule has 0 aromatic heterocycles. The molecule has 0 spiro atoms. The second-order valence-electron chi connectivity index (χ2n) is 7.71. The fourth-order valence-corrected chi connectivity index (χ4v) is 3.45. The van der Waals surface area contributed by atoms with Gasteiger partial charge in [-0.2, -0.15) is 0 Å². The number of fused-ring (bicyclic) bond motifs is 2. The van der Waals surface area contributed by atoms with E-state index in [0.29, 0.717) is 35.7 Å². The third-order valence-electron chi connectivity index (χ3n) is 4.60. The highest BCUT2D eigenvalue weighted by Crippen LogP contribution is 2.41. The molecule has 0 unspecified atom stereocenters. The molecule has 1 fully saturated rings. The van der Waals surface area contributed by atoms with Gasteiger partial charge in [0.25, 0.3) is 5.91 Å². The monoisotopic (exact) mass is 346 g/mol. The number of aliphatic hydroxyl groups excluding tert-OH is 1. The fourth-order valence-electron chi connectivity index (χ4n) is 3.45. The van der Waals surface area contributed by atoms with Gasteiger partial charge in [0.15, 0.2) is 11.5 Å². The van der Waals surface area contributed by atoms with Crippen LogP contribution in [0.1, 0.15) is 37.6 Å². The Morgan fingerprint density at radius 3 is 2.56 bits per heavy atom. The molecule has 1 N–H and O–H groups in total. The number of aliphatic hydroxyl groups is 1. The number of likely N-dealkylation sites (N-methyl/N-ethyl adjacent to an activating group) is 1. The Labute approximate surface area is 148 Å². The van der Waals surface area contributed by atoms with Gasteiger partial charge in [-0.3, -0.25) is 4.79 Å². The Hall–Kier alpha value is -2.21. The van der Waals surface area contributed by atoms with Crippen LogP contribution in [0.5, 0.6) is 11.5 Å². The molecule has 1 aromatic rings. The molecule has 0 bridgehead atoms. The largest absolute Gasteiger partial charge is 0.493 e. The molecular weight excluding hydrogens is 320 g/mol. The molecular formula is C19H26N2O4. The third kappa shape index (κ3) is 3.06. The Kier molecular flexibility index (Phi) is 4.19. The van der Waals surface area contributed by atoms with Crippen molar-refractivity contribution >= 4 is 11.6 Å². The smallest absolute Gasteiger partial charge is 0.256 e. The number of carbonyl (C=O) groups excluding carboxylic acids is 1. The number of carbonyl (C=O) groups is 1. The zero-order chi connectivity index (χ0) is 18.5. The van der Waals surface area contributed by atoms with E-state index in [2.05, 4.69) is 6.58 Å². The van der Waals surface area contributed by atoms with Crippen molar-refractivity contribution in [3.8, 4) is 11.5 Å². The molecule has 2 heterocycles. The predicted molar refractivity (Wildman–Crippen MR) is 96.4 cm³/mol. The average molecular weight is 346 g/mol. The van der Waals surface area contributed by atoms with Crippen LogP contribution in [-0.2, 0) is 0 Å². The van der Waals surface area contributed by atoms with Gasteiger partial charge in [0, 0.05) is 19.7 Å². The van der Waals surface area contributed by atoms with Gasteiger partial charge in [-0.15, -0.1) is 0 Å². The van der Waals surface area contributed by atoms with Crippen LogP contribution in [-0.4, -0.2) is 54.5 Å². The summed E-state index contributed by atoms with van der Waals surface area (Å²) in [7, 11) is 3.34. The van der Waals surface area contributed by atoms with Gasteiger partial charge in [-0.25, -0.2) is 0 Å². The number of anilines is 1. The van der Waals surface area contributed by atoms with Gasteiger partial charge in [0.2, 0.25) is 0 Å². The molecule has 0 aliphatic carbocycles. The number of benzene rings is 1. The Bertz CT molecular complexity index is 723. The fraction of sp³-hybridized carbons (Fsp3) is 0.526. The number of methoxy groups -OCH3 is 1. The first-order valence-electron chi connectivity index (χ1n) is 8.42. The SMILES string of the molecule is C=C1C[C@H]2[C@H](O)N(C)c3cc(OC(C)(C)C)c(OC)cc3C(=O)N2C1. The maximum absolute atomic E-state index is 13.1. The van der Waals surface area contributed by atoms with E-state index in [1.165, 1.54) is 0 Å². The maximum Gasteiger partial charge on any atom is 0.256 e. The summed E-state index contributed by atoms with van der Waals surface area (Å²) in [4.78, 5) is 16.5. The Balaban J connectivity index is 2.13. The lowest BCUT2D eigenvalue weighted by Crippen LogP contribution is -2.47. The van der Waals surface area contributed by atoms with Crippen molar-refractivity contribution in [2.45, 2.75) is 45.1 Å². The molecule has 25 heavy (non-hydrogen) atoms. The van der Waals surface area contributed by atoms with Gasteiger partial charge in [-0.05, 0) is 33.3 Å². The zero-order valence-corrected chi connectivity index (χ0v) is 15.5. The first kappa shape index (κ1) is 17.6. The number of nitrogens with zero attached hydrogens (tertiary/aromatic N) is 2. The molecule has 2 aliphatic rings. The van der Waals surface area contributed by atoms with Crippen molar-refractivity contribution in [3.63, 3.8) is 0 Å². The van der Waals surface area contributed by atoms with E-state index >= 15 is 0 Å². The number of ether oxygens (including phenoxy) is 2. The standard InChI is InChI=1S/C19H26N2O4/c1-11-7-14-18(23)20(5)13-9-16(25-19(2,3)4)15(24-6)8-12(13)17(22)21(14)10-11/h8-9,14,18,23H,1,7,10H2,2-6H3/t14-,18-/m0/s1. The predicted octanol–water partition coefficient (Wildman–Crippen LogP) is 2.41. The molecule has 0 radical (unpaired) electrons. The molecule has 1 saturated heterocycles. The summed E-state index contributed by atoms with van der Waals surface area (Å²) in [5.41, 5.74) is 1.67. The van der Waals surface area contributed by atoms with Crippen LogP contribution in [0.4, 0.5) is 5.69 Å². The minimum Gasteiger partial charge on any atom is -0.493 e. The maximum atomic E-state index is 13.1. The van der Waals surface area contributed by atoms with E-state index in [0.717, 1.165) is 5.57 Å². The van der Waals surface area contributed by atoms with E-state index in [1.54, 1.807) is 36.1 Å². The summed E-state index contributed by atoms with van der Waals surface area (Å²) in [5, 5.41) is 10.8. The van der Waals surface area contributed by atoms with Crippen LogP contribution in [0.3, 0.4) is 0 Å². The zero-order valence-electron chi connectivity index (χ0n) is 15.5. The Morgan fingerprint density at radius 1 is 1.28 bits per heavy atom. The van der Waals surface area contributed by atoms with Crippen molar-refractivity contribution < 1.29 is 19.4 Å². The van der Waals surface area contributed by atoms with Crippen LogP contribution in [0, 0.1) is 0 Å². The van der Waals surface area contributed by atoms with Crippen molar-refractivity contribution in [2.24, 2.45) is 0 Å². The quantitative estimate of drug-likeness (QED) is 0.833. The number of rotatable bonds is 2. The van der Waals surface area contributed by atoms with E-state index in [1.807, 2.05) is 20.8 Å². The average Bonchev–Trinajstić information content (AvgIpc) is 2.90. The lowest BCUT2D eigenvalue weighted by molar-refractivity contribution is 0.0527. The lowest BCUT2D eigenvalue weighted by Gasteiger charge is -2.31. The lowest BCUT2D eigenvalue weighted by atomic mass is 10.1. The van der Waals surface area contributed by atoms with Crippen LogP contribution in [0.2, 0.25) is 0 Å².